The van der Waals surface area contributed by atoms with Crippen molar-refractivity contribution in [3.8, 4) is 22.6 Å². The fourth-order valence-electron chi connectivity index (χ4n) is 4.13. The molecule has 0 saturated carbocycles. The average molecular weight is 447 g/mol. The summed E-state index contributed by atoms with van der Waals surface area (Å²) in [4.78, 5) is 21.9. The Morgan fingerprint density at radius 3 is 2.61 bits per heavy atom. The third-order valence-corrected chi connectivity index (χ3v) is 5.80. The van der Waals surface area contributed by atoms with E-state index in [1.165, 1.54) is 6.33 Å². The summed E-state index contributed by atoms with van der Waals surface area (Å²) in [6.07, 6.45) is 2.80. The van der Waals surface area contributed by atoms with Crippen molar-refractivity contribution in [3.05, 3.63) is 77.5 Å². The highest BCUT2D eigenvalue weighted by Gasteiger charge is 2.17. The highest BCUT2D eigenvalue weighted by atomic mass is 16.5. The molecule has 0 spiro atoms. The number of benzene rings is 2. The van der Waals surface area contributed by atoms with E-state index in [4.69, 9.17) is 9.47 Å². The number of para-hydroxylation sites is 1. The van der Waals surface area contributed by atoms with Crippen molar-refractivity contribution in [1.29, 1.82) is 0 Å². The van der Waals surface area contributed by atoms with Gasteiger partial charge in [0.2, 0.25) is 0 Å². The van der Waals surface area contributed by atoms with Crippen molar-refractivity contribution < 1.29 is 14.6 Å². The lowest BCUT2D eigenvalue weighted by Gasteiger charge is -2.28. The van der Waals surface area contributed by atoms with E-state index in [1.54, 1.807) is 0 Å². The third-order valence-electron chi connectivity index (χ3n) is 5.80. The third kappa shape index (κ3) is 4.68. The molecule has 0 radical (unpaired) electrons. The lowest BCUT2D eigenvalue weighted by molar-refractivity contribution is 0.00466. The van der Waals surface area contributed by atoms with Crippen molar-refractivity contribution in [1.82, 2.24) is 19.4 Å². The standard InChI is InChI=1S/C25H26N4O4/c30-20(14-28-10-12-32-13-11-28)16-33-21-8-6-18(7-9-21)22-15-29(19-4-2-1-3-5-19)24-23(22)26-17-27-25(24)31/h1-9,15,17,20,30H,10-14,16H2,(H,26,27,31). The Hall–Kier alpha value is -3.46. The lowest BCUT2D eigenvalue weighted by Crippen LogP contribution is -2.42. The SMILES string of the molecule is O=c1[nH]cnc2c(-c3ccc(OCC(O)CN4CCOCC4)cc3)cn(-c3ccccc3)c12. The predicted octanol–water partition coefficient (Wildman–Crippen LogP) is 2.45. The molecule has 1 atom stereocenters. The topological polar surface area (TPSA) is 92.6 Å². The van der Waals surface area contributed by atoms with Crippen LogP contribution in [-0.4, -0.2) is 70.1 Å². The Bertz CT molecular complexity index is 1260. The highest BCUT2D eigenvalue weighted by Crippen LogP contribution is 2.30. The zero-order valence-electron chi connectivity index (χ0n) is 18.2. The molecule has 0 amide bonds. The van der Waals surface area contributed by atoms with Gasteiger partial charge in [-0.15, -0.1) is 0 Å². The second kappa shape index (κ2) is 9.58. The van der Waals surface area contributed by atoms with Gasteiger partial charge in [0.1, 0.15) is 29.5 Å². The fraction of sp³-hybridized carbons (Fsp3) is 0.280. The summed E-state index contributed by atoms with van der Waals surface area (Å²) < 4.78 is 13.0. The van der Waals surface area contributed by atoms with Crippen molar-refractivity contribution in [2.45, 2.75) is 6.10 Å². The van der Waals surface area contributed by atoms with E-state index in [2.05, 4.69) is 14.9 Å². The van der Waals surface area contributed by atoms with E-state index in [0.717, 1.165) is 29.9 Å². The number of aromatic nitrogens is 3. The number of morpholine rings is 1. The van der Waals surface area contributed by atoms with Crippen LogP contribution in [0.1, 0.15) is 0 Å². The maximum absolute atomic E-state index is 12.6. The number of ether oxygens (including phenoxy) is 2. The number of nitrogens with one attached hydrogen (secondary N) is 1. The first kappa shape index (κ1) is 21.4. The Labute approximate surface area is 191 Å². The molecule has 8 heteroatoms. The minimum atomic E-state index is -0.567. The average Bonchev–Trinajstić information content (AvgIpc) is 3.25. The number of H-pyrrole nitrogens is 1. The van der Waals surface area contributed by atoms with E-state index in [1.807, 2.05) is 65.4 Å². The molecule has 4 aromatic rings. The van der Waals surface area contributed by atoms with Crippen LogP contribution in [0.4, 0.5) is 0 Å². The number of aromatic amines is 1. The van der Waals surface area contributed by atoms with Crippen molar-refractivity contribution in [3.63, 3.8) is 0 Å². The summed E-state index contributed by atoms with van der Waals surface area (Å²) in [5.41, 5.74) is 3.63. The molecular weight excluding hydrogens is 420 g/mol. The minimum absolute atomic E-state index is 0.190. The van der Waals surface area contributed by atoms with E-state index in [-0.39, 0.29) is 12.2 Å². The highest BCUT2D eigenvalue weighted by molar-refractivity contribution is 5.93. The lowest BCUT2D eigenvalue weighted by atomic mass is 10.1. The van der Waals surface area contributed by atoms with Crippen LogP contribution in [0.5, 0.6) is 5.75 Å². The predicted molar refractivity (Wildman–Crippen MR) is 126 cm³/mol. The Morgan fingerprint density at radius 1 is 1.09 bits per heavy atom. The van der Waals surface area contributed by atoms with E-state index in [0.29, 0.717) is 36.5 Å². The summed E-state index contributed by atoms with van der Waals surface area (Å²) in [5.74, 6) is 0.678. The molecule has 8 nitrogen and oxygen atoms in total. The number of hydrogen-bond donors (Lipinski definition) is 2. The van der Waals surface area contributed by atoms with Gasteiger partial charge in [0.05, 0.1) is 19.5 Å². The van der Waals surface area contributed by atoms with Crippen molar-refractivity contribution in [2.75, 3.05) is 39.5 Å². The van der Waals surface area contributed by atoms with Gasteiger partial charge in [0, 0.05) is 37.1 Å². The number of β-amino-alcohol motifs (C(OH)–C–C–N with tert-alkyl or cyclic N) is 1. The number of aliphatic hydroxyl groups excluding tert-OH is 1. The molecule has 3 heterocycles. The smallest absolute Gasteiger partial charge is 0.275 e. The number of fused-ring (bicyclic) bond motifs is 1. The van der Waals surface area contributed by atoms with Crippen LogP contribution in [0.3, 0.4) is 0 Å². The Kier molecular flexibility index (Phi) is 6.21. The first-order valence-corrected chi connectivity index (χ1v) is 11.0. The molecule has 1 aliphatic rings. The monoisotopic (exact) mass is 446 g/mol. The Balaban J connectivity index is 1.34. The molecule has 0 aliphatic carbocycles. The normalized spacial score (nSPS) is 15.5. The van der Waals surface area contributed by atoms with Crippen LogP contribution in [0.25, 0.3) is 27.8 Å². The van der Waals surface area contributed by atoms with Crippen LogP contribution in [0, 0.1) is 0 Å². The number of hydrogen-bond acceptors (Lipinski definition) is 6. The molecule has 1 saturated heterocycles. The second-order valence-electron chi connectivity index (χ2n) is 8.08. The molecule has 33 heavy (non-hydrogen) atoms. The first-order chi connectivity index (χ1) is 16.2. The van der Waals surface area contributed by atoms with Crippen molar-refractivity contribution in [2.24, 2.45) is 0 Å². The zero-order valence-corrected chi connectivity index (χ0v) is 18.2. The van der Waals surface area contributed by atoms with Gasteiger partial charge in [0.25, 0.3) is 5.56 Å². The molecule has 1 fully saturated rings. The van der Waals surface area contributed by atoms with Crippen LogP contribution in [0.15, 0.2) is 71.9 Å². The summed E-state index contributed by atoms with van der Waals surface area (Å²) >= 11 is 0. The molecular formula is C25H26N4O4. The van der Waals surface area contributed by atoms with Gasteiger partial charge in [-0.3, -0.25) is 9.69 Å². The first-order valence-electron chi connectivity index (χ1n) is 11.0. The van der Waals surface area contributed by atoms with Gasteiger partial charge in [-0.2, -0.15) is 0 Å². The number of aliphatic hydroxyl groups is 1. The molecule has 5 rings (SSSR count). The van der Waals surface area contributed by atoms with Crippen molar-refractivity contribution >= 4 is 11.0 Å². The number of nitrogens with zero attached hydrogens (tertiary/aromatic N) is 3. The maximum atomic E-state index is 12.6. The largest absolute Gasteiger partial charge is 0.491 e. The van der Waals surface area contributed by atoms with Gasteiger partial charge in [0.15, 0.2) is 0 Å². The van der Waals surface area contributed by atoms with E-state index < -0.39 is 6.10 Å². The summed E-state index contributed by atoms with van der Waals surface area (Å²) in [6, 6.07) is 17.3. The van der Waals surface area contributed by atoms with Crippen LogP contribution >= 0.6 is 0 Å². The molecule has 0 bridgehead atoms. The molecule has 2 aromatic heterocycles. The summed E-state index contributed by atoms with van der Waals surface area (Å²) in [6.45, 7) is 3.87. The summed E-state index contributed by atoms with van der Waals surface area (Å²) in [5, 5.41) is 10.3. The van der Waals surface area contributed by atoms with Gasteiger partial charge in [-0.25, -0.2) is 4.98 Å². The molecule has 2 aromatic carbocycles. The zero-order chi connectivity index (χ0) is 22.6. The maximum Gasteiger partial charge on any atom is 0.275 e. The molecule has 170 valence electrons. The van der Waals surface area contributed by atoms with E-state index in [9.17, 15) is 9.90 Å². The van der Waals surface area contributed by atoms with Gasteiger partial charge in [-0.05, 0) is 29.8 Å². The summed E-state index contributed by atoms with van der Waals surface area (Å²) in [7, 11) is 0. The Morgan fingerprint density at radius 2 is 1.85 bits per heavy atom. The van der Waals surface area contributed by atoms with Crippen LogP contribution < -0.4 is 10.3 Å². The van der Waals surface area contributed by atoms with Crippen LogP contribution in [-0.2, 0) is 4.74 Å². The second-order valence-corrected chi connectivity index (χ2v) is 8.08. The van der Waals surface area contributed by atoms with E-state index >= 15 is 0 Å². The van der Waals surface area contributed by atoms with Crippen LogP contribution in [0.2, 0.25) is 0 Å². The molecule has 1 aliphatic heterocycles. The molecule has 1 unspecified atom stereocenters. The molecule has 2 N–H and O–H groups in total. The number of rotatable bonds is 7. The fourth-order valence-corrected chi connectivity index (χ4v) is 4.13. The quantitative estimate of drug-likeness (QED) is 0.453. The van der Waals surface area contributed by atoms with Gasteiger partial charge in [-0.1, -0.05) is 30.3 Å². The minimum Gasteiger partial charge on any atom is -0.491 e. The van der Waals surface area contributed by atoms with Gasteiger partial charge >= 0.3 is 0 Å². The van der Waals surface area contributed by atoms with Gasteiger partial charge < -0.3 is 24.1 Å².